The Balaban J connectivity index is 1.69. The zero-order valence-electron chi connectivity index (χ0n) is 14.7. The second-order valence-electron chi connectivity index (χ2n) is 5.94. The second kappa shape index (κ2) is 8.01. The van der Waals surface area contributed by atoms with Gasteiger partial charge in [0.1, 0.15) is 5.75 Å². The minimum atomic E-state index is -4.49. The van der Waals surface area contributed by atoms with Crippen LogP contribution in [-0.4, -0.2) is 22.0 Å². The van der Waals surface area contributed by atoms with Crippen LogP contribution in [0.4, 0.5) is 23.7 Å². The summed E-state index contributed by atoms with van der Waals surface area (Å²) in [5.74, 6) is -0.959. The van der Waals surface area contributed by atoms with E-state index in [1.165, 1.54) is 36.4 Å². The molecule has 3 N–H and O–H groups in total. The summed E-state index contributed by atoms with van der Waals surface area (Å²) < 4.78 is 37.8. The van der Waals surface area contributed by atoms with Crippen molar-refractivity contribution in [3.63, 3.8) is 0 Å². The molecule has 1 aromatic heterocycles. The molecule has 0 atom stereocenters. The number of carbonyl (C=O) groups is 2. The van der Waals surface area contributed by atoms with Crippen LogP contribution in [0, 0.1) is 0 Å². The highest BCUT2D eigenvalue weighted by molar-refractivity contribution is 6.08. The van der Waals surface area contributed by atoms with Gasteiger partial charge >= 0.3 is 12.2 Å². The van der Waals surface area contributed by atoms with Crippen molar-refractivity contribution in [1.82, 2.24) is 10.3 Å². The van der Waals surface area contributed by atoms with Crippen LogP contribution in [0.2, 0.25) is 0 Å². The molecule has 0 saturated carbocycles. The number of imide groups is 1. The number of phenolic OH excluding ortho intramolecular Hbond substituents is 1. The van der Waals surface area contributed by atoms with Crippen molar-refractivity contribution in [3.8, 4) is 17.0 Å². The van der Waals surface area contributed by atoms with E-state index in [9.17, 15) is 27.9 Å². The van der Waals surface area contributed by atoms with Crippen molar-refractivity contribution in [3.05, 3.63) is 78.0 Å². The van der Waals surface area contributed by atoms with E-state index >= 15 is 0 Å². The van der Waals surface area contributed by atoms with E-state index in [4.69, 9.17) is 0 Å². The van der Waals surface area contributed by atoms with Crippen LogP contribution >= 0.6 is 0 Å². The highest BCUT2D eigenvalue weighted by Gasteiger charge is 2.30. The maximum absolute atomic E-state index is 12.6. The first-order valence-corrected chi connectivity index (χ1v) is 8.28. The molecule has 29 heavy (non-hydrogen) atoms. The first-order valence-electron chi connectivity index (χ1n) is 8.28. The molecule has 3 rings (SSSR count). The maximum Gasteiger partial charge on any atom is 0.417 e. The van der Waals surface area contributed by atoms with E-state index in [-0.39, 0.29) is 22.7 Å². The fourth-order valence-electron chi connectivity index (χ4n) is 2.45. The monoisotopic (exact) mass is 401 g/mol. The number of urea groups is 1. The third-order valence-electron chi connectivity index (χ3n) is 3.90. The smallest absolute Gasteiger partial charge is 0.417 e. The SMILES string of the molecule is O=C(NC(=O)c1ccccc1)Nc1ccc(-c2ccc(C(F)(F)F)cn2)cc1O. The number of hydrogen-bond donors (Lipinski definition) is 3. The molecule has 0 aliphatic rings. The van der Waals surface area contributed by atoms with Crippen molar-refractivity contribution >= 4 is 17.6 Å². The Hall–Kier alpha value is -3.88. The Bertz CT molecular complexity index is 1040. The minimum Gasteiger partial charge on any atom is -0.506 e. The molecule has 9 heteroatoms. The fourth-order valence-corrected chi connectivity index (χ4v) is 2.45. The number of anilines is 1. The van der Waals surface area contributed by atoms with Gasteiger partial charge in [0, 0.05) is 17.3 Å². The van der Waals surface area contributed by atoms with Crippen molar-refractivity contribution in [2.45, 2.75) is 6.18 Å². The molecule has 0 radical (unpaired) electrons. The van der Waals surface area contributed by atoms with Gasteiger partial charge in [-0.05, 0) is 36.4 Å². The lowest BCUT2D eigenvalue weighted by Gasteiger charge is -2.10. The molecule has 0 aliphatic carbocycles. The van der Waals surface area contributed by atoms with E-state index in [1.54, 1.807) is 18.2 Å². The summed E-state index contributed by atoms with van der Waals surface area (Å²) in [6.45, 7) is 0. The zero-order valence-corrected chi connectivity index (χ0v) is 14.7. The molecule has 6 nitrogen and oxygen atoms in total. The number of amides is 3. The number of nitrogens with one attached hydrogen (secondary N) is 2. The molecule has 1 heterocycles. The number of alkyl halides is 3. The molecule has 148 valence electrons. The third kappa shape index (κ3) is 4.89. The average Bonchev–Trinajstić information content (AvgIpc) is 2.69. The quantitative estimate of drug-likeness (QED) is 0.566. The molecule has 0 unspecified atom stereocenters. The number of nitrogens with zero attached hydrogens (tertiary/aromatic N) is 1. The predicted octanol–water partition coefficient (Wildman–Crippen LogP) is 4.43. The minimum absolute atomic E-state index is 0.0130. The second-order valence-corrected chi connectivity index (χ2v) is 5.94. The maximum atomic E-state index is 12.6. The number of pyridine rings is 1. The lowest BCUT2D eigenvalue weighted by Crippen LogP contribution is -2.34. The Kier molecular flexibility index (Phi) is 5.49. The first-order chi connectivity index (χ1) is 13.7. The molecule has 0 aliphatic heterocycles. The lowest BCUT2D eigenvalue weighted by molar-refractivity contribution is -0.137. The standard InChI is InChI=1S/C20H14F3N3O3/c21-20(22,23)14-7-9-15(24-11-14)13-6-8-16(17(27)10-13)25-19(29)26-18(28)12-4-2-1-3-5-12/h1-11,27H,(H2,25,26,28,29). The number of aromatic hydroxyl groups is 1. The van der Waals surface area contributed by atoms with Gasteiger partial charge in [-0.25, -0.2) is 4.79 Å². The van der Waals surface area contributed by atoms with Crippen molar-refractivity contribution in [1.29, 1.82) is 0 Å². The number of phenols is 1. The Labute approximate surface area is 163 Å². The van der Waals surface area contributed by atoms with Crippen molar-refractivity contribution < 1.29 is 27.9 Å². The van der Waals surface area contributed by atoms with Crippen LogP contribution in [0.1, 0.15) is 15.9 Å². The van der Waals surface area contributed by atoms with E-state index < -0.39 is 23.7 Å². The summed E-state index contributed by atoms with van der Waals surface area (Å²) in [6.07, 6.45) is -3.80. The first kappa shape index (κ1) is 19.9. The van der Waals surface area contributed by atoms with E-state index in [0.717, 1.165) is 6.07 Å². The highest BCUT2D eigenvalue weighted by atomic mass is 19.4. The normalized spacial score (nSPS) is 11.0. The van der Waals surface area contributed by atoms with Crippen LogP contribution in [-0.2, 0) is 6.18 Å². The van der Waals surface area contributed by atoms with Crippen LogP contribution in [0.15, 0.2) is 66.9 Å². The average molecular weight is 401 g/mol. The molecular formula is C20H14F3N3O3. The van der Waals surface area contributed by atoms with Crippen LogP contribution < -0.4 is 10.6 Å². The van der Waals surface area contributed by atoms with Gasteiger partial charge in [-0.3, -0.25) is 15.1 Å². The molecule has 0 saturated heterocycles. The van der Waals surface area contributed by atoms with Crippen LogP contribution in [0.25, 0.3) is 11.3 Å². The summed E-state index contributed by atoms with van der Waals surface area (Å²) in [4.78, 5) is 27.7. The summed E-state index contributed by atoms with van der Waals surface area (Å²) >= 11 is 0. The molecular weight excluding hydrogens is 387 g/mol. The van der Waals surface area contributed by atoms with Gasteiger partial charge in [0.25, 0.3) is 5.91 Å². The zero-order chi connectivity index (χ0) is 21.0. The lowest BCUT2D eigenvalue weighted by atomic mass is 10.1. The van der Waals surface area contributed by atoms with Gasteiger partial charge in [0.2, 0.25) is 0 Å². The number of carbonyl (C=O) groups excluding carboxylic acids is 2. The van der Waals surface area contributed by atoms with E-state index in [2.05, 4.69) is 15.6 Å². The van der Waals surface area contributed by atoms with Gasteiger partial charge in [0.05, 0.1) is 16.9 Å². The highest BCUT2D eigenvalue weighted by Crippen LogP contribution is 2.32. The van der Waals surface area contributed by atoms with Gasteiger partial charge in [-0.15, -0.1) is 0 Å². The molecule has 0 spiro atoms. The van der Waals surface area contributed by atoms with Gasteiger partial charge in [-0.1, -0.05) is 24.3 Å². The largest absolute Gasteiger partial charge is 0.506 e. The number of benzene rings is 2. The number of rotatable bonds is 3. The number of hydrogen-bond acceptors (Lipinski definition) is 4. The summed E-state index contributed by atoms with van der Waals surface area (Å²) in [6, 6.07) is 13.3. The number of aromatic nitrogens is 1. The molecule has 0 bridgehead atoms. The molecule has 3 aromatic rings. The van der Waals surface area contributed by atoms with Gasteiger partial charge in [-0.2, -0.15) is 13.2 Å². The van der Waals surface area contributed by atoms with E-state index in [1.807, 2.05) is 0 Å². The van der Waals surface area contributed by atoms with Crippen LogP contribution in [0.5, 0.6) is 5.75 Å². The Morgan fingerprint density at radius 3 is 2.28 bits per heavy atom. The van der Waals surface area contributed by atoms with Crippen molar-refractivity contribution in [2.75, 3.05) is 5.32 Å². The Morgan fingerprint density at radius 1 is 0.966 bits per heavy atom. The summed E-state index contributed by atoms with van der Waals surface area (Å²) in [5, 5.41) is 14.5. The van der Waals surface area contributed by atoms with Gasteiger partial charge < -0.3 is 10.4 Å². The van der Waals surface area contributed by atoms with Crippen molar-refractivity contribution in [2.24, 2.45) is 0 Å². The molecule has 2 aromatic carbocycles. The molecule has 3 amide bonds. The Morgan fingerprint density at radius 2 is 1.69 bits per heavy atom. The van der Waals surface area contributed by atoms with Crippen LogP contribution in [0.3, 0.4) is 0 Å². The summed E-state index contributed by atoms with van der Waals surface area (Å²) in [5.41, 5.74) is -0.0239. The third-order valence-corrected chi connectivity index (χ3v) is 3.90. The number of halogens is 3. The summed E-state index contributed by atoms with van der Waals surface area (Å²) in [7, 11) is 0. The fraction of sp³-hybridized carbons (Fsp3) is 0.0500. The predicted molar refractivity (Wildman–Crippen MR) is 99.3 cm³/mol. The van der Waals surface area contributed by atoms with Gasteiger partial charge in [0.15, 0.2) is 0 Å². The topological polar surface area (TPSA) is 91.3 Å². The molecule has 0 fully saturated rings. The van der Waals surface area contributed by atoms with E-state index in [0.29, 0.717) is 11.8 Å².